The zero-order valence-corrected chi connectivity index (χ0v) is 17.8. The molecule has 0 saturated carbocycles. The molecule has 0 spiro atoms. The molecule has 0 aromatic heterocycles. The van der Waals surface area contributed by atoms with Crippen molar-refractivity contribution in [2.24, 2.45) is 0 Å². The van der Waals surface area contributed by atoms with E-state index >= 15 is 0 Å². The fourth-order valence-electron chi connectivity index (χ4n) is 2.78. The van der Waals surface area contributed by atoms with E-state index in [9.17, 15) is 0 Å². The summed E-state index contributed by atoms with van der Waals surface area (Å²) in [4.78, 5) is 9.03. The van der Waals surface area contributed by atoms with Crippen LogP contribution in [0.4, 0.5) is 4.79 Å². The first-order valence-electron chi connectivity index (χ1n) is 10.4. The minimum atomic E-state index is -1.50. The van der Waals surface area contributed by atoms with Gasteiger partial charge in [0.2, 0.25) is 0 Å². The molecular weight excluding hydrogens is 314 g/mol. The van der Waals surface area contributed by atoms with Crippen molar-refractivity contribution in [2.75, 3.05) is 34.8 Å². The van der Waals surface area contributed by atoms with Gasteiger partial charge in [0, 0.05) is 7.11 Å². The van der Waals surface area contributed by atoms with Crippen LogP contribution in [0, 0.1) is 0 Å². The highest BCUT2D eigenvalue weighted by Gasteiger charge is 2.04. The number of methoxy groups -OCH3 is 1. The first kappa shape index (κ1) is 26.5. The molecule has 0 amide bonds. The Morgan fingerprint density at radius 2 is 1.00 bits per heavy atom. The molecule has 0 aromatic rings. The lowest BCUT2D eigenvalue weighted by atomic mass is 10.0. The maximum atomic E-state index is 9.03. The number of nitrogens with zero attached hydrogens (tertiary/aromatic N) is 1. The Bertz CT molecular complexity index is 275. The SMILES string of the molecule is CCCCCCCCCCCCCCCC[N+](C)(C)C.COC(=O)[O-]. The van der Waals surface area contributed by atoms with Gasteiger partial charge >= 0.3 is 0 Å². The van der Waals surface area contributed by atoms with Crippen LogP contribution in [0.1, 0.15) is 96.8 Å². The topological polar surface area (TPSA) is 49.4 Å². The molecule has 0 aliphatic rings. The summed E-state index contributed by atoms with van der Waals surface area (Å²) in [6, 6.07) is 0. The Kier molecular flexibility index (Phi) is 20.7. The summed E-state index contributed by atoms with van der Waals surface area (Å²) in [5, 5.41) is 9.03. The van der Waals surface area contributed by atoms with Crippen molar-refractivity contribution >= 4 is 6.16 Å². The minimum absolute atomic E-state index is 1.04. The van der Waals surface area contributed by atoms with E-state index in [0.29, 0.717) is 0 Å². The molecule has 0 atom stereocenters. The minimum Gasteiger partial charge on any atom is -0.553 e. The van der Waals surface area contributed by atoms with Crippen LogP contribution < -0.4 is 5.11 Å². The molecule has 0 bridgehead atoms. The lowest BCUT2D eigenvalue weighted by molar-refractivity contribution is -0.870. The molecule has 4 nitrogen and oxygen atoms in total. The average Bonchev–Trinajstić information content (AvgIpc) is 2.54. The Morgan fingerprint density at radius 1 is 0.720 bits per heavy atom. The summed E-state index contributed by atoms with van der Waals surface area (Å²) in [6.45, 7) is 3.63. The molecule has 152 valence electrons. The number of hydrogen-bond acceptors (Lipinski definition) is 3. The standard InChI is InChI=1S/C19H42N.C2H4O3/c1-5-6-7-8-9-10-11-12-13-14-15-16-17-18-19-20(2,3)4;1-5-2(3)4/h5-19H2,1-4H3;1H3,(H,3,4)/q+1;/p-1. The Labute approximate surface area is 157 Å². The maximum Gasteiger partial charge on any atom is 0.251 e. The van der Waals surface area contributed by atoms with Gasteiger partial charge in [-0.15, -0.1) is 0 Å². The Morgan fingerprint density at radius 3 is 1.24 bits per heavy atom. The Hall–Kier alpha value is -0.770. The van der Waals surface area contributed by atoms with E-state index in [1.807, 2.05) is 0 Å². The number of hydrogen-bond donors (Lipinski definition) is 0. The number of carbonyl (C=O) groups is 1. The molecule has 0 aromatic carbocycles. The van der Waals surface area contributed by atoms with Crippen LogP contribution >= 0.6 is 0 Å². The summed E-state index contributed by atoms with van der Waals surface area (Å²) in [6.07, 6.45) is 18.9. The van der Waals surface area contributed by atoms with Gasteiger partial charge in [-0.2, -0.15) is 0 Å². The van der Waals surface area contributed by atoms with Crippen LogP contribution in [0.15, 0.2) is 0 Å². The van der Waals surface area contributed by atoms with Crippen molar-refractivity contribution in [3.63, 3.8) is 0 Å². The second-order valence-electron chi connectivity index (χ2n) is 8.06. The third kappa shape index (κ3) is 31.5. The molecule has 0 saturated heterocycles. The molecule has 0 rings (SSSR count). The summed E-state index contributed by atoms with van der Waals surface area (Å²) in [5.41, 5.74) is 0. The summed E-state index contributed by atoms with van der Waals surface area (Å²) in [5.74, 6) is 0. The molecular formula is C21H45NO3. The lowest BCUT2D eigenvalue weighted by Gasteiger charge is -2.23. The number of carbonyl (C=O) groups excluding carboxylic acids is 1. The van der Waals surface area contributed by atoms with Crippen molar-refractivity contribution < 1.29 is 19.1 Å². The summed E-state index contributed by atoms with van der Waals surface area (Å²) in [7, 11) is 7.92. The highest BCUT2D eigenvalue weighted by molar-refractivity contribution is 5.53. The first-order chi connectivity index (χ1) is 11.8. The van der Waals surface area contributed by atoms with Gasteiger partial charge < -0.3 is 19.1 Å². The molecule has 0 fully saturated rings. The average molecular weight is 360 g/mol. The second kappa shape index (κ2) is 19.6. The summed E-state index contributed by atoms with van der Waals surface area (Å²) < 4.78 is 4.68. The van der Waals surface area contributed by atoms with E-state index < -0.39 is 6.16 Å². The largest absolute Gasteiger partial charge is 0.553 e. The van der Waals surface area contributed by atoms with E-state index in [2.05, 4.69) is 32.8 Å². The van der Waals surface area contributed by atoms with E-state index in [0.717, 1.165) is 11.6 Å². The van der Waals surface area contributed by atoms with Crippen LogP contribution in [-0.2, 0) is 4.74 Å². The van der Waals surface area contributed by atoms with Crippen molar-refractivity contribution in [3.8, 4) is 0 Å². The van der Waals surface area contributed by atoms with E-state index in [-0.39, 0.29) is 0 Å². The fourth-order valence-corrected chi connectivity index (χ4v) is 2.78. The van der Waals surface area contributed by atoms with Gasteiger partial charge in [0.05, 0.1) is 27.7 Å². The van der Waals surface area contributed by atoms with Gasteiger partial charge in [0.1, 0.15) is 0 Å². The number of unbranched alkanes of at least 4 members (excludes halogenated alkanes) is 13. The van der Waals surface area contributed by atoms with Crippen molar-refractivity contribution in [2.45, 2.75) is 96.8 Å². The van der Waals surface area contributed by atoms with E-state index in [4.69, 9.17) is 9.90 Å². The number of quaternary nitrogens is 1. The monoisotopic (exact) mass is 359 g/mol. The number of carboxylic acid groups (broad SMARTS) is 1. The molecule has 0 heterocycles. The predicted molar refractivity (Wildman–Crippen MR) is 106 cm³/mol. The van der Waals surface area contributed by atoms with Crippen molar-refractivity contribution in [3.05, 3.63) is 0 Å². The molecule has 4 heteroatoms. The van der Waals surface area contributed by atoms with Gasteiger partial charge in [-0.3, -0.25) is 0 Å². The zero-order valence-electron chi connectivity index (χ0n) is 17.8. The Balaban J connectivity index is 0. The second-order valence-corrected chi connectivity index (χ2v) is 8.06. The third-order valence-electron chi connectivity index (χ3n) is 4.35. The van der Waals surface area contributed by atoms with Gasteiger partial charge in [0.15, 0.2) is 0 Å². The third-order valence-corrected chi connectivity index (χ3v) is 4.35. The number of ether oxygens (including phenoxy) is 1. The maximum absolute atomic E-state index is 9.03. The van der Waals surface area contributed by atoms with Crippen LogP contribution in [0.2, 0.25) is 0 Å². The highest BCUT2D eigenvalue weighted by Crippen LogP contribution is 2.13. The summed E-state index contributed by atoms with van der Waals surface area (Å²) >= 11 is 0. The smallest absolute Gasteiger partial charge is 0.251 e. The molecule has 0 aliphatic heterocycles. The molecule has 0 unspecified atom stereocenters. The predicted octanol–water partition coefficient (Wildman–Crippen LogP) is 5.15. The fraction of sp³-hybridized carbons (Fsp3) is 0.952. The molecule has 0 aliphatic carbocycles. The van der Waals surface area contributed by atoms with Crippen molar-refractivity contribution in [1.82, 2.24) is 0 Å². The van der Waals surface area contributed by atoms with E-state index in [1.165, 1.54) is 96.4 Å². The van der Waals surface area contributed by atoms with Crippen molar-refractivity contribution in [1.29, 1.82) is 0 Å². The van der Waals surface area contributed by atoms with Gasteiger partial charge in [0.25, 0.3) is 6.16 Å². The van der Waals surface area contributed by atoms with Crippen LogP contribution in [0.5, 0.6) is 0 Å². The first-order valence-corrected chi connectivity index (χ1v) is 10.4. The van der Waals surface area contributed by atoms with Gasteiger partial charge in [-0.1, -0.05) is 84.0 Å². The lowest BCUT2D eigenvalue weighted by Crippen LogP contribution is -2.35. The normalized spacial score (nSPS) is 10.9. The quantitative estimate of drug-likeness (QED) is 0.231. The van der Waals surface area contributed by atoms with Gasteiger partial charge in [-0.25, -0.2) is 0 Å². The zero-order chi connectivity index (χ0) is 19.4. The van der Waals surface area contributed by atoms with Gasteiger partial charge in [-0.05, 0) is 12.8 Å². The van der Waals surface area contributed by atoms with Crippen LogP contribution in [-0.4, -0.2) is 45.4 Å². The molecule has 0 radical (unpaired) electrons. The number of rotatable bonds is 15. The highest BCUT2D eigenvalue weighted by atomic mass is 16.6. The molecule has 25 heavy (non-hydrogen) atoms. The van der Waals surface area contributed by atoms with Crippen LogP contribution in [0.25, 0.3) is 0 Å². The molecule has 0 N–H and O–H groups in total. The van der Waals surface area contributed by atoms with E-state index in [1.54, 1.807) is 0 Å². The van der Waals surface area contributed by atoms with Crippen LogP contribution in [0.3, 0.4) is 0 Å².